The van der Waals surface area contributed by atoms with Crippen LogP contribution in [0.2, 0.25) is 0 Å². The minimum Gasteiger partial charge on any atom is -0.366 e. The minimum absolute atomic E-state index is 0.377. The molecule has 1 aromatic carbocycles. The predicted molar refractivity (Wildman–Crippen MR) is 50.9 cm³/mol. The molecule has 1 aliphatic rings. The summed E-state index contributed by atoms with van der Waals surface area (Å²) in [6, 6.07) is 5.54. The summed E-state index contributed by atoms with van der Waals surface area (Å²) in [4.78, 5) is 15.0. The van der Waals surface area contributed by atoms with Crippen LogP contribution in [0.25, 0.3) is 0 Å². The van der Waals surface area contributed by atoms with E-state index in [1.807, 2.05) is 18.3 Å². The molecule has 66 valence electrons. The Morgan fingerprint density at radius 3 is 3.00 bits per heavy atom. The molecule has 0 fully saturated rings. The number of hydrogen-bond acceptors (Lipinski definition) is 2. The number of rotatable bonds is 1. The molecule has 13 heavy (non-hydrogen) atoms. The maximum atomic E-state index is 10.9. The molecule has 0 atom stereocenters. The van der Waals surface area contributed by atoms with Gasteiger partial charge < -0.3 is 5.73 Å². The van der Waals surface area contributed by atoms with Crippen LogP contribution in [-0.4, -0.2) is 12.1 Å². The number of amides is 1. The molecular formula is C10H10N2O. The summed E-state index contributed by atoms with van der Waals surface area (Å²) in [5, 5.41) is 0. The number of aliphatic imine (C=N–C) groups is 1. The molecule has 2 rings (SSSR count). The smallest absolute Gasteiger partial charge is 0.248 e. The van der Waals surface area contributed by atoms with E-state index in [2.05, 4.69) is 4.99 Å². The number of primary amides is 1. The number of carbonyl (C=O) groups is 1. The lowest BCUT2D eigenvalue weighted by atomic mass is 10.00. The van der Waals surface area contributed by atoms with Gasteiger partial charge in [-0.25, -0.2) is 0 Å². The van der Waals surface area contributed by atoms with Crippen molar-refractivity contribution in [3.05, 3.63) is 34.9 Å². The van der Waals surface area contributed by atoms with Crippen molar-refractivity contribution in [1.82, 2.24) is 0 Å². The summed E-state index contributed by atoms with van der Waals surface area (Å²) in [5.41, 5.74) is 8.08. The summed E-state index contributed by atoms with van der Waals surface area (Å²) in [5.74, 6) is -0.377. The number of nitrogens with two attached hydrogens (primary N) is 1. The van der Waals surface area contributed by atoms with Gasteiger partial charge in [0, 0.05) is 18.2 Å². The Morgan fingerprint density at radius 1 is 1.38 bits per heavy atom. The van der Waals surface area contributed by atoms with E-state index in [1.165, 1.54) is 5.56 Å². The van der Waals surface area contributed by atoms with Gasteiger partial charge in [0.2, 0.25) is 5.91 Å². The third kappa shape index (κ3) is 1.45. The van der Waals surface area contributed by atoms with Gasteiger partial charge in [-0.15, -0.1) is 0 Å². The zero-order valence-corrected chi connectivity index (χ0v) is 7.16. The van der Waals surface area contributed by atoms with Gasteiger partial charge in [-0.3, -0.25) is 9.79 Å². The number of nitrogens with zero attached hydrogens (tertiary/aromatic N) is 1. The van der Waals surface area contributed by atoms with E-state index >= 15 is 0 Å². The standard InChI is InChI=1S/C10H10N2O/c11-10(13)8-2-1-7-3-4-12-6-9(7)5-8/h1-2,4-5H,3,6H2,(H2,11,13). The SMILES string of the molecule is NC(=O)c1ccc2c(c1)CN=CC2. The Hall–Kier alpha value is -1.64. The monoisotopic (exact) mass is 174 g/mol. The van der Waals surface area contributed by atoms with Gasteiger partial charge in [0.1, 0.15) is 0 Å². The van der Waals surface area contributed by atoms with Gasteiger partial charge in [-0.1, -0.05) is 6.07 Å². The first-order chi connectivity index (χ1) is 6.27. The zero-order valence-electron chi connectivity index (χ0n) is 7.16. The van der Waals surface area contributed by atoms with Crippen LogP contribution in [0.1, 0.15) is 21.5 Å². The molecule has 0 saturated heterocycles. The fourth-order valence-corrected chi connectivity index (χ4v) is 1.45. The fourth-order valence-electron chi connectivity index (χ4n) is 1.45. The Kier molecular flexibility index (Phi) is 1.85. The minimum atomic E-state index is -0.377. The lowest BCUT2D eigenvalue weighted by Gasteiger charge is -2.10. The van der Waals surface area contributed by atoms with E-state index < -0.39 is 0 Å². The third-order valence-corrected chi connectivity index (χ3v) is 2.19. The molecule has 0 saturated carbocycles. The molecule has 1 aliphatic heterocycles. The zero-order chi connectivity index (χ0) is 9.26. The van der Waals surface area contributed by atoms with E-state index in [0.717, 1.165) is 12.0 Å². The van der Waals surface area contributed by atoms with Gasteiger partial charge in [0.25, 0.3) is 0 Å². The molecule has 0 aliphatic carbocycles. The highest BCUT2D eigenvalue weighted by atomic mass is 16.1. The molecule has 0 bridgehead atoms. The second kappa shape index (κ2) is 3.01. The van der Waals surface area contributed by atoms with Crippen LogP contribution in [0, 0.1) is 0 Å². The van der Waals surface area contributed by atoms with Crippen molar-refractivity contribution in [3.8, 4) is 0 Å². The second-order valence-electron chi connectivity index (χ2n) is 3.08. The fraction of sp³-hybridized carbons (Fsp3) is 0.200. The van der Waals surface area contributed by atoms with Crippen LogP contribution in [0.3, 0.4) is 0 Å². The first-order valence-corrected chi connectivity index (χ1v) is 4.17. The predicted octanol–water partition coefficient (Wildman–Crippen LogP) is 0.912. The summed E-state index contributed by atoms with van der Waals surface area (Å²) >= 11 is 0. The Bertz CT molecular complexity index is 383. The topological polar surface area (TPSA) is 55.5 Å². The molecule has 0 unspecified atom stereocenters. The van der Waals surface area contributed by atoms with Crippen molar-refractivity contribution in [1.29, 1.82) is 0 Å². The highest BCUT2D eigenvalue weighted by Gasteiger charge is 2.08. The highest BCUT2D eigenvalue weighted by molar-refractivity contribution is 5.93. The summed E-state index contributed by atoms with van der Waals surface area (Å²) in [6.45, 7) is 0.663. The summed E-state index contributed by atoms with van der Waals surface area (Å²) in [6.07, 6.45) is 2.75. The lowest BCUT2D eigenvalue weighted by Crippen LogP contribution is -2.12. The van der Waals surface area contributed by atoms with Gasteiger partial charge in [0.15, 0.2) is 0 Å². The van der Waals surface area contributed by atoms with Crippen molar-refractivity contribution >= 4 is 12.1 Å². The Morgan fingerprint density at radius 2 is 2.23 bits per heavy atom. The number of carbonyl (C=O) groups excluding carboxylic acids is 1. The molecule has 0 radical (unpaired) electrons. The van der Waals surface area contributed by atoms with E-state index in [0.29, 0.717) is 12.1 Å². The van der Waals surface area contributed by atoms with E-state index in [-0.39, 0.29) is 5.91 Å². The van der Waals surface area contributed by atoms with Crippen molar-refractivity contribution < 1.29 is 4.79 Å². The van der Waals surface area contributed by atoms with Crippen molar-refractivity contribution in [2.24, 2.45) is 10.7 Å². The molecule has 0 aromatic heterocycles. The molecule has 0 spiro atoms. The van der Waals surface area contributed by atoms with Crippen LogP contribution in [-0.2, 0) is 13.0 Å². The van der Waals surface area contributed by atoms with Crippen LogP contribution in [0.5, 0.6) is 0 Å². The molecule has 1 heterocycles. The van der Waals surface area contributed by atoms with Gasteiger partial charge in [0.05, 0.1) is 6.54 Å². The normalized spacial score (nSPS) is 13.8. The van der Waals surface area contributed by atoms with Crippen LogP contribution < -0.4 is 5.73 Å². The summed E-state index contributed by atoms with van der Waals surface area (Å²) in [7, 11) is 0. The Balaban J connectivity index is 2.44. The highest BCUT2D eigenvalue weighted by Crippen LogP contribution is 2.16. The third-order valence-electron chi connectivity index (χ3n) is 2.19. The van der Waals surface area contributed by atoms with E-state index in [1.54, 1.807) is 6.07 Å². The first-order valence-electron chi connectivity index (χ1n) is 4.17. The van der Waals surface area contributed by atoms with Crippen molar-refractivity contribution in [2.45, 2.75) is 13.0 Å². The van der Waals surface area contributed by atoms with Gasteiger partial charge in [-0.2, -0.15) is 0 Å². The average molecular weight is 174 g/mol. The number of fused-ring (bicyclic) bond motifs is 1. The largest absolute Gasteiger partial charge is 0.366 e. The van der Waals surface area contributed by atoms with E-state index in [4.69, 9.17) is 5.73 Å². The molecule has 1 aromatic rings. The Labute approximate surface area is 76.3 Å². The number of hydrogen-bond donors (Lipinski definition) is 1. The van der Waals surface area contributed by atoms with Crippen LogP contribution in [0.15, 0.2) is 23.2 Å². The maximum absolute atomic E-state index is 10.9. The first kappa shape index (κ1) is 7.98. The maximum Gasteiger partial charge on any atom is 0.248 e. The molecule has 3 nitrogen and oxygen atoms in total. The lowest BCUT2D eigenvalue weighted by molar-refractivity contribution is 0.1000. The van der Waals surface area contributed by atoms with Crippen molar-refractivity contribution in [3.63, 3.8) is 0 Å². The molecule has 3 heteroatoms. The van der Waals surface area contributed by atoms with Crippen molar-refractivity contribution in [2.75, 3.05) is 0 Å². The van der Waals surface area contributed by atoms with Gasteiger partial charge in [-0.05, 0) is 23.3 Å². The quantitative estimate of drug-likeness (QED) is 0.676. The molecule has 2 N–H and O–H groups in total. The summed E-state index contributed by atoms with van der Waals surface area (Å²) < 4.78 is 0. The van der Waals surface area contributed by atoms with E-state index in [9.17, 15) is 4.79 Å². The molecule has 1 amide bonds. The number of benzene rings is 1. The van der Waals surface area contributed by atoms with Crippen LogP contribution >= 0.6 is 0 Å². The molecular weight excluding hydrogens is 164 g/mol. The van der Waals surface area contributed by atoms with Crippen LogP contribution in [0.4, 0.5) is 0 Å². The van der Waals surface area contributed by atoms with Gasteiger partial charge >= 0.3 is 0 Å². The second-order valence-corrected chi connectivity index (χ2v) is 3.08. The average Bonchev–Trinajstić information content (AvgIpc) is 2.17.